The van der Waals surface area contributed by atoms with Crippen LogP contribution in [0.25, 0.3) is 0 Å². The summed E-state index contributed by atoms with van der Waals surface area (Å²) in [5, 5.41) is 0. The van der Waals surface area contributed by atoms with E-state index in [-0.39, 0.29) is 12.0 Å². The van der Waals surface area contributed by atoms with Crippen LogP contribution >= 0.6 is 0 Å². The molecule has 4 rings (SSSR count). The third kappa shape index (κ3) is 8.25. The Balaban J connectivity index is 0.00000186. The van der Waals surface area contributed by atoms with Gasteiger partial charge in [-0.3, -0.25) is 0 Å². The van der Waals surface area contributed by atoms with Gasteiger partial charge in [0.05, 0.1) is 5.56 Å². The fourth-order valence-electron chi connectivity index (χ4n) is 3.75. The molecule has 0 amide bonds. The SMILES string of the molecule is CC.CC(C)[C@@H](OC(=O)c1ccc(OCc2ccccc2)c(OCc2ccccc2)c1)c1ccccc1. The molecule has 4 heteroatoms. The third-order valence-corrected chi connectivity index (χ3v) is 5.62. The first kappa shape index (κ1) is 27.5. The van der Waals surface area contributed by atoms with E-state index in [4.69, 9.17) is 14.2 Å². The lowest BCUT2D eigenvalue weighted by molar-refractivity contribution is 0.0176. The lowest BCUT2D eigenvalue weighted by atomic mass is 9.99. The molecule has 0 aliphatic rings. The smallest absolute Gasteiger partial charge is 0.338 e. The third-order valence-electron chi connectivity index (χ3n) is 5.62. The summed E-state index contributed by atoms with van der Waals surface area (Å²) in [6, 6.07) is 34.8. The molecule has 0 bridgehead atoms. The van der Waals surface area contributed by atoms with Gasteiger partial charge < -0.3 is 14.2 Å². The zero-order valence-electron chi connectivity index (χ0n) is 22.1. The molecule has 0 spiro atoms. The minimum atomic E-state index is -0.397. The molecule has 0 heterocycles. The van der Waals surface area contributed by atoms with Crippen molar-refractivity contribution >= 4 is 5.97 Å². The Kier molecular flexibility index (Phi) is 10.8. The maximum atomic E-state index is 13.1. The lowest BCUT2D eigenvalue weighted by Gasteiger charge is -2.22. The van der Waals surface area contributed by atoms with Crippen LogP contribution in [0.4, 0.5) is 0 Å². The summed E-state index contributed by atoms with van der Waals surface area (Å²) in [5.41, 5.74) is 3.46. The second-order valence-corrected chi connectivity index (χ2v) is 8.69. The monoisotopic (exact) mass is 496 g/mol. The normalized spacial score (nSPS) is 11.2. The van der Waals surface area contributed by atoms with Crippen molar-refractivity contribution in [2.75, 3.05) is 0 Å². The maximum Gasteiger partial charge on any atom is 0.338 e. The van der Waals surface area contributed by atoms with Crippen molar-refractivity contribution in [2.45, 2.75) is 47.0 Å². The Labute approximate surface area is 220 Å². The predicted octanol–water partition coefficient (Wildman–Crippen LogP) is 8.42. The molecule has 0 aromatic heterocycles. The van der Waals surface area contributed by atoms with E-state index in [0.717, 1.165) is 16.7 Å². The minimum Gasteiger partial charge on any atom is -0.485 e. The van der Waals surface area contributed by atoms with Crippen molar-refractivity contribution in [3.63, 3.8) is 0 Å². The molecular weight excluding hydrogens is 460 g/mol. The van der Waals surface area contributed by atoms with Gasteiger partial charge in [-0.2, -0.15) is 0 Å². The Bertz CT molecular complexity index is 1210. The van der Waals surface area contributed by atoms with E-state index in [1.807, 2.05) is 119 Å². The molecule has 0 fully saturated rings. The second kappa shape index (κ2) is 14.5. The van der Waals surface area contributed by atoms with E-state index >= 15 is 0 Å². The van der Waals surface area contributed by atoms with Crippen LogP contribution in [0.2, 0.25) is 0 Å². The van der Waals surface area contributed by atoms with Crippen molar-refractivity contribution in [2.24, 2.45) is 5.92 Å². The number of benzene rings is 4. The van der Waals surface area contributed by atoms with Gasteiger partial charge in [-0.15, -0.1) is 0 Å². The summed E-state index contributed by atoms with van der Waals surface area (Å²) in [7, 11) is 0. The van der Waals surface area contributed by atoms with Crippen molar-refractivity contribution < 1.29 is 19.0 Å². The topological polar surface area (TPSA) is 44.8 Å². The standard InChI is InChI=1S/C31H30O4.C2H6/c1-23(2)30(26-16-10-5-11-17-26)35-31(32)27-18-19-28(33-21-24-12-6-3-7-13-24)29(20-27)34-22-25-14-8-4-9-15-25;1-2/h3-20,23,30H,21-22H2,1-2H3;1-2H3/t30-;/m1./s1. The zero-order chi connectivity index (χ0) is 26.5. The number of hydrogen-bond acceptors (Lipinski definition) is 4. The Morgan fingerprint density at radius 3 is 1.65 bits per heavy atom. The van der Waals surface area contributed by atoms with Gasteiger partial charge in [-0.1, -0.05) is 119 Å². The van der Waals surface area contributed by atoms with Crippen LogP contribution in [-0.4, -0.2) is 5.97 Å². The molecule has 4 aromatic rings. The molecule has 37 heavy (non-hydrogen) atoms. The first-order valence-electron chi connectivity index (χ1n) is 12.8. The van der Waals surface area contributed by atoms with Crippen molar-refractivity contribution in [3.05, 3.63) is 131 Å². The molecule has 0 radical (unpaired) electrons. The molecule has 0 N–H and O–H groups in total. The predicted molar refractivity (Wildman–Crippen MR) is 149 cm³/mol. The van der Waals surface area contributed by atoms with Gasteiger partial charge in [0.15, 0.2) is 11.5 Å². The van der Waals surface area contributed by atoms with E-state index < -0.39 is 5.97 Å². The van der Waals surface area contributed by atoms with Gasteiger partial charge >= 0.3 is 5.97 Å². The van der Waals surface area contributed by atoms with Gasteiger partial charge in [0.1, 0.15) is 19.3 Å². The number of carbonyl (C=O) groups excluding carboxylic acids is 1. The fraction of sp³-hybridized carbons (Fsp3) is 0.242. The summed E-state index contributed by atoms with van der Waals surface area (Å²) in [4.78, 5) is 13.1. The molecular formula is C33H36O4. The van der Waals surface area contributed by atoms with Crippen LogP contribution in [-0.2, 0) is 18.0 Å². The number of rotatable bonds is 10. The van der Waals surface area contributed by atoms with Crippen molar-refractivity contribution in [3.8, 4) is 11.5 Å². The fourth-order valence-corrected chi connectivity index (χ4v) is 3.75. The van der Waals surface area contributed by atoms with E-state index in [1.165, 1.54) is 0 Å². The first-order chi connectivity index (χ1) is 18.1. The highest BCUT2D eigenvalue weighted by molar-refractivity contribution is 5.90. The van der Waals surface area contributed by atoms with Gasteiger partial charge in [0.2, 0.25) is 0 Å². The van der Waals surface area contributed by atoms with Gasteiger partial charge in [-0.05, 0) is 40.8 Å². The van der Waals surface area contributed by atoms with Crippen LogP contribution in [0.15, 0.2) is 109 Å². The van der Waals surface area contributed by atoms with Crippen LogP contribution < -0.4 is 9.47 Å². The van der Waals surface area contributed by atoms with E-state index in [0.29, 0.717) is 30.3 Å². The quantitative estimate of drug-likeness (QED) is 0.207. The van der Waals surface area contributed by atoms with Crippen LogP contribution in [0.1, 0.15) is 60.8 Å². The maximum absolute atomic E-state index is 13.1. The summed E-state index contributed by atoms with van der Waals surface area (Å²) >= 11 is 0. The average Bonchev–Trinajstić information content (AvgIpc) is 2.96. The van der Waals surface area contributed by atoms with Crippen molar-refractivity contribution in [1.29, 1.82) is 0 Å². The van der Waals surface area contributed by atoms with Crippen LogP contribution in [0.3, 0.4) is 0 Å². The first-order valence-corrected chi connectivity index (χ1v) is 12.8. The van der Waals surface area contributed by atoms with Crippen LogP contribution in [0.5, 0.6) is 11.5 Å². The van der Waals surface area contributed by atoms with Gasteiger partial charge in [0, 0.05) is 0 Å². The molecule has 192 valence electrons. The molecule has 0 saturated carbocycles. The summed E-state index contributed by atoms with van der Waals surface area (Å²) in [5.74, 6) is 0.806. The highest BCUT2D eigenvalue weighted by Gasteiger charge is 2.22. The van der Waals surface area contributed by atoms with E-state index in [2.05, 4.69) is 0 Å². The highest BCUT2D eigenvalue weighted by Crippen LogP contribution is 2.32. The van der Waals surface area contributed by atoms with Crippen LogP contribution in [0, 0.1) is 5.92 Å². The minimum absolute atomic E-state index is 0.128. The number of carbonyl (C=O) groups is 1. The molecule has 0 unspecified atom stereocenters. The summed E-state index contributed by atoms with van der Waals surface area (Å²) < 4.78 is 18.1. The Morgan fingerprint density at radius 1 is 0.649 bits per heavy atom. The summed E-state index contributed by atoms with van der Waals surface area (Å²) in [6.45, 7) is 8.84. The number of hydrogen-bond donors (Lipinski definition) is 0. The number of esters is 1. The van der Waals surface area contributed by atoms with Crippen molar-refractivity contribution in [1.82, 2.24) is 0 Å². The largest absolute Gasteiger partial charge is 0.485 e. The zero-order valence-corrected chi connectivity index (χ0v) is 22.1. The average molecular weight is 497 g/mol. The molecule has 4 aromatic carbocycles. The molecule has 4 nitrogen and oxygen atoms in total. The molecule has 1 atom stereocenters. The van der Waals surface area contributed by atoms with E-state index in [1.54, 1.807) is 18.2 Å². The van der Waals surface area contributed by atoms with Gasteiger partial charge in [0.25, 0.3) is 0 Å². The molecule has 0 aliphatic carbocycles. The Hall–Kier alpha value is -4.05. The Morgan fingerprint density at radius 2 is 1.14 bits per heavy atom. The molecule has 0 aliphatic heterocycles. The van der Waals surface area contributed by atoms with Gasteiger partial charge in [-0.25, -0.2) is 4.79 Å². The highest BCUT2D eigenvalue weighted by atomic mass is 16.5. The van der Waals surface area contributed by atoms with E-state index in [9.17, 15) is 4.79 Å². The second-order valence-electron chi connectivity index (χ2n) is 8.69. The molecule has 0 saturated heterocycles. The number of ether oxygens (including phenoxy) is 3. The summed E-state index contributed by atoms with van der Waals surface area (Å²) in [6.07, 6.45) is -0.341. The lowest BCUT2D eigenvalue weighted by Crippen LogP contribution is -2.16.